The average Bonchev–Trinajstić information content (AvgIpc) is 2.95. The number of aromatic amines is 1. The number of aromatic nitrogens is 1. The first-order chi connectivity index (χ1) is 12.0. The Morgan fingerprint density at radius 1 is 1.12 bits per heavy atom. The molecule has 0 spiro atoms. The van der Waals surface area contributed by atoms with Gasteiger partial charge in [0.05, 0.1) is 0 Å². The Hall–Kier alpha value is -3.21. The zero-order valence-electron chi connectivity index (χ0n) is 13.6. The van der Waals surface area contributed by atoms with Gasteiger partial charge in [-0.1, -0.05) is 30.3 Å². The Morgan fingerprint density at radius 2 is 1.84 bits per heavy atom. The first kappa shape index (κ1) is 16.6. The Bertz CT molecular complexity index is 955. The molecule has 5 heteroatoms. The second-order valence-electron chi connectivity index (χ2n) is 5.59. The number of nitrogens with one attached hydrogen (secondary N) is 1. The number of benzene rings is 2. The Labute approximate surface area is 143 Å². The van der Waals surface area contributed by atoms with Gasteiger partial charge in [-0.15, -0.1) is 0 Å². The standard InChI is InChI=1S/C20H16FNO3/c1-13-20(16-4-2-3-5-17(16)22-13)18(23)12-25-19(24)11-8-14-6-9-15(21)10-7-14/h2-11,22H,12H2,1H3/b11-8+. The average molecular weight is 337 g/mol. The highest BCUT2D eigenvalue weighted by atomic mass is 19.1. The van der Waals surface area contributed by atoms with Crippen LogP contribution in [0, 0.1) is 12.7 Å². The van der Waals surface area contributed by atoms with Gasteiger partial charge < -0.3 is 9.72 Å². The molecule has 1 N–H and O–H groups in total. The van der Waals surface area contributed by atoms with Gasteiger partial charge in [-0.2, -0.15) is 0 Å². The molecule has 25 heavy (non-hydrogen) atoms. The third-order valence-electron chi connectivity index (χ3n) is 3.80. The van der Waals surface area contributed by atoms with Crippen LogP contribution in [0.2, 0.25) is 0 Å². The van der Waals surface area contributed by atoms with Gasteiger partial charge in [0.1, 0.15) is 5.82 Å². The van der Waals surface area contributed by atoms with Gasteiger partial charge in [0.2, 0.25) is 5.78 Å². The minimum absolute atomic E-state index is 0.265. The molecule has 0 unspecified atom stereocenters. The molecule has 0 fully saturated rings. The van der Waals surface area contributed by atoms with Crippen molar-refractivity contribution in [2.45, 2.75) is 6.92 Å². The van der Waals surface area contributed by atoms with Crippen molar-refractivity contribution in [2.75, 3.05) is 6.61 Å². The molecule has 0 aliphatic carbocycles. The van der Waals surface area contributed by atoms with Crippen LogP contribution >= 0.6 is 0 Å². The Balaban J connectivity index is 1.64. The maximum atomic E-state index is 12.8. The summed E-state index contributed by atoms with van der Waals surface area (Å²) in [7, 11) is 0. The van der Waals surface area contributed by atoms with Crippen LogP contribution in [0.15, 0.2) is 54.6 Å². The van der Waals surface area contributed by atoms with Crippen LogP contribution in [-0.4, -0.2) is 23.3 Å². The second-order valence-corrected chi connectivity index (χ2v) is 5.59. The molecule has 0 radical (unpaired) electrons. The van der Waals surface area contributed by atoms with Crippen molar-refractivity contribution in [1.82, 2.24) is 4.98 Å². The topological polar surface area (TPSA) is 59.2 Å². The molecule has 4 nitrogen and oxygen atoms in total. The Kier molecular flexibility index (Phi) is 4.75. The molecular formula is C20H16FNO3. The van der Waals surface area contributed by atoms with Crippen molar-refractivity contribution in [2.24, 2.45) is 0 Å². The van der Waals surface area contributed by atoms with E-state index in [1.54, 1.807) is 12.1 Å². The quantitative estimate of drug-likeness (QED) is 0.434. The lowest BCUT2D eigenvalue weighted by molar-refractivity contribution is -0.136. The summed E-state index contributed by atoms with van der Waals surface area (Å²) >= 11 is 0. The fourth-order valence-electron chi connectivity index (χ4n) is 2.63. The molecule has 126 valence electrons. The van der Waals surface area contributed by atoms with E-state index in [-0.39, 0.29) is 18.2 Å². The summed E-state index contributed by atoms with van der Waals surface area (Å²) in [4.78, 5) is 27.3. The van der Waals surface area contributed by atoms with Gasteiger partial charge >= 0.3 is 5.97 Å². The predicted octanol–water partition coefficient (Wildman–Crippen LogP) is 4.05. The van der Waals surface area contributed by atoms with Crippen molar-refractivity contribution in [3.05, 3.63) is 77.2 Å². The van der Waals surface area contributed by atoms with Gasteiger partial charge in [0.25, 0.3) is 0 Å². The van der Waals surface area contributed by atoms with Crippen molar-refractivity contribution < 1.29 is 18.7 Å². The summed E-state index contributed by atoms with van der Waals surface area (Å²) in [6.07, 6.45) is 2.71. The Morgan fingerprint density at radius 3 is 2.60 bits per heavy atom. The monoisotopic (exact) mass is 337 g/mol. The number of halogens is 1. The fraction of sp³-hybridized carbons (Fsp3) is 0.100. The molecule has 3 rings (SSSR count). The molecule has 2 aromatic carbocycles. The molecule has 0 aliphatic rings. The van der Waals surface area contributed by atoms with E-state index in [1.807, 2.05) is 31.2 Å². The summed E-state index contributed by atoms with van der Waals surface area (Å²) in [5.41, 5.74) is 2.80. The smallest absolute Gasteiger partial charge is 0.331 e. The molecule has 3 aromatic rings. The van der Waals surface area contributed by atoms with Gasteiger partial charge in [-0.3, -0.25) is 4.79 Å². The van der Waals surface area contributed by atoms with E-state index in [9.17, 15) is 14.0 Å². The maximum Gasteiger partial charge on any atom is 0.331 e. The van der Waals surface area contributed by atoms with Crippen molar-refractivity contribution in [3.63, 3.8) is 0 Å². The third-order valence-corrected chi connectivity index (χ3v) is 3.80. The molecule has 0 amide bonds. The van der Waals surface area contributed by atoms with Crippen LogP contribution in [0.1, 0.15) is 21.6 Å². The number of aryl methyl sites for hydroxylation is 1. The zero-order valence-corrected chi connectivity index (χ0v) is 13.6. The highest BCUT2D eigenvalue weighted by Crippen LogP contribution is 2.22. The van der Waals surface area contributed by atoms with Gasteiger partial charge in [-0.05, 0) is 36.8 Å². The number of hydrogen-bond donors (Lipinski definition) is 1. The van der Waals surface area contributed by atoms with E-state index in [4.69, 9.17) is 4.74 Å². The first-order valence-electron chi connectivity index (χ1n) is 7.75. The van der Waals surface area contributed by atoms with E-state index in [1.165, 1.54) is 24.3 Å². The number of H-pyrrole nitrogens is 1. The van der Waals surface area contributed by atoms with Crippen molar-refractivity contribution >= 4 is 28.7 Å². The minimum Gasteiger partial charge on any atom is -0.454 e. The normalized spacial score (nSPS) is 11.1. The number of ether oxygens (including phenoxy) is 1. The number of fused-ring (bicyclic) bond motifs is 1. The second kappa shape index (κ2) is 7.13. The third kappa shape index (κ3) is 3.83. The van der Waals surface area contributed by atoms with Gasteiger partial charge in [0.15, 0.2) is 6.61 Å². The molecule has 0 atom stereocenters. The van der Waals surface area contributed by atoms with Crippen LogP contribution in [0.4, 0.5) is 4.39 Å². The molecule has 0 aliphatic heterocycles. The number of Topliss-reactive ketones (excluding diaryl/α,β-unsaturated/α-hetero) is 1. The maximum absolute atomic E-state index is 12.8. The van der Waals surface area contributed by atoms with E-state index < -0.39 is 5.97 Å². The van der Waals surface area contributed by atoms with E-state index in [0.29, 0.717) is 11.1 Å². The lowest BCUT2D eigenvalue weighted by atomic mass is 10.1. The number of hydrogen-bond acceptors (Lipinski definition) is 3. The van der Waals surface area contributed by atoms with E-state index >= 15 is 0 Å². The number of ketones is 1. The molecule has 0 saturated carbocycles. The first-order valence-corrected chi connectivity index (χ1v) is 7.75. The summed E-state index contributed by atoms with van der Waals surface area (Å²) in [6, 6.07) is 13.2. The van der Waals surface area contributed by atoms with Crippen LogP contribution < -0.4 is 0 Å². The van der Waals surface area contributed by atoms with Crippen LogP contribution in [0.25, 0.3) is 17.0 Å². The number of rotatable bonds is 5. The molecule has 1 aromatic heterocycles. The number of carbonyl (C=O) groups excluding carboxylic acids is 2. The summed E-state index contributed by atoms with van der Waals surface area (Å²) in [5.74, 6) is -1.24. The predicted molar refractivity (Wildman–Crippen MR) is 93.8 cm³/mol. The van der Waals surface area contributed by atoms with E-state index in [0.717, 1.165) is 16.6 Å². The fourth-order valence-corrected chi connectivity index (χ4v) is 2.63. The van der Waals surface area contributed by atoms with Gasteiger partial charge in [-0.25, -0.2) is 9.18 Å². The lowest BCUT2D eigenvalue weighted by Crippen LogP contribution is -2.13. The molecule has 0 saturated heterocycles. The lowest BCUT2D eigenvalue weighted by Gasteiger charge is -2.02. The van der Waals surface area contributed by atoms with Crippen LogP contribution in [-0.2, 0) is 9.53 Å². The number of carbonyl (C=O) groups is 2. The SMILES string of the molecule is Cc1[nH]c2ccccc2c1C(=O)COC(=O)/C=C/c1ccc(F)cc1. The molecule has 0 bridgehead atoms. The highest BCUT2D eigenvalue weighted by molar-refractivity contribution is 6.10. The van der Waals surface area contributed by atoms with Crippen LogP contribution in [0.3, 0.4) is 0 Å². The van der Waals surface area contributed by atoms with E-state index in [2.05, 4.69) is 4.98 Å². The van der Waals surface area contributed by atoms with Crippen molar-refractivity contribution in [1.29, 1.82) is 0 Å². The molecular weight excluding hydrogens is 321 g/mol. The summed E-state index contributed by atoms with van der Waals surface area (Å²) < 4.78 is 17.8. The van der Waals surface area contributed by atoms with Crippen LogP contribution in [0.5, 0.6) is 0 Å². The number of para-hydroxylation sites is 1. The largest absolute Gasteiger partial charge is 0.454 e. The summed E-state index contributed by atoms with van der Waals surface area (Å²) in [5, 5.41) is 0.808. The number of esters is 1. The highest BCUT2D eigenvalue weighted by Gasteiger charge is 2.16. The molecule has 1 heterocycles. The van der Waals surface area contributed by atoms with Crippen molar-refractivity contribution in [3.8, 4) is 0 Å². The summed E-state index contributed by atoms with van der Waals surface area (Å²) in [6.45, 7) is 1.47. The minimum atomic E-state index is -0.629. The van der Waals surface area contributed by atoms with Gasteiger partial charge in [0, 0.05) is 28.2 Å². The zero-order chi connectivity index (χ0) is 17.8.